The van der Waals surface area contributed by atoms with Crippen LogP contribution < -0.4 is 24.4 Å². The van der Waals surface area contributed by atoms with E-state index in [1.807, 2.05) is 26.0 Å². The maximum atomic E-state index is 14.1. The molecule has 2 aromatic heterocycles. The Kier molecular flexibility index (Phi) is 7.96. The van der Waals surface area contributed by atoms with Crippen LogP contribution in [0.2, 0.25) is 0 Å². The molecule has 0 N–H and O–H groups in total. The smallest absolute Gasteiger partial charge is 0.338 e. The summed E-state index contributed by atoms with van der Waals surface area (Å²) in [4.78, 5) is 44.6. The van der Waals surface area contributed by atoms with Gasteiger partial charge in [0.2, 0.25) is 6.79 Å². The van der Waals surface area contributed by atoms with Crippen LogP contribution in [0.1, 0.15) is 60.0 Å². The van der Waals surface area contributed by atoms with Gasteiger partial charge < -0.3 is 23.4 Å². The van der Waals surface area contributed by atoms with Crippen molar-refractivity contribution in [2.45, 2.75) is 39.7 Å². The lowest BCUT2D eigenvalue weighted by Crippen LogP contribution is -2.40. The van der Waals surface area contributed by atoms with Crippen molar-refractivity contribution in [3.8, 4) is 22.8 Å². The highest BCUT2D eigenvalue weighted by atomic mass is 32.1. The summed E-state index contributed by atoms with van der Waals surface area (Å²) in [6.07, 6.45) is 2.96. The van der Waals surface area contributed by atoms with E-state index in [-0.39, 0.29) is 19.0 Å². The quantitative estimate of drug-likeness (QED) is 0.263. The Morgan fingerprint density at radius 3 is 2.64 bits per heavy atom. The van der Waals surface area contributed by atoms with Crippen molar-refractivity contribution >= 4 is 29.4 Å². The monoisotopic (exact) mass is 614 g/mol. The number of allylic oxidation sites excluding steroid dienone is 1. The Morgan fingerprint density at radius 2 is 1.89 bits per heavy atom. The van der Waals surface area contributed by atoms with Gasteiger partial charge in [0.05, 0.1) is 41.1 Å². The number of furan rings is 1. The molecule has 6 rings (SSSR count). The highest BCUT2D eigenvalue weighted by molar-refractivity contribution is 7.07. The normalized spacial score (nSPS) is 15.6. The number of rotatable bonds is 8. The van der Waals surface area contributed by atoms with Crippen molar-refractivity contribution in [1.82, 2.24) is 4.57 Å². The number of fused-ring (bicyclic) bond motifs is 2. The number of esters is 2. The minimum Gasteiger partial charge on any atom is -0.465 e. The molecule has 10 nitrogen and oxygen atoms in total. The number of carbonyl (C=O) groups excluding carboxylic acids is 2. The number of hydrogen-bond acceptors (Lipinski definition) is 10. The van der Waals surface area contributed by atoms with Crippen LogP contribution in [0.25, 0.3) is 17.4 Å². The predicted molar refractivity (Wildman–Crippen MR) is 162 cm³/mol. The standard InChI is InChI=1S/C33H30N2O8S/c1-5-7-23-28(32(38)40-6-2)29(19-9-12-25-26(15-19)42-17-41-25)35-30(36)27(44-33(35)34-23)16-21-10-13-24(43-21)22-11-8-20(14-18(22)3)31(37)39-4/h8-16,29H,5-7,17H2,1-4H3/b27-16+/t29-/m0/s1. The minimum atomic E-state index is -0.772. The highest BCUT2D eigenvalue weighted by Gasteiger charge is 2.35. The third kappa shape index (κ3) is 5.24. The van der Waals surface area contributed by atoms with Crippen LogP contribution in [0.3, 0.4) is 0 Å². The van der Waals surface area contributed by atoms with E-state index < -0.39 is 18.0 Å². The Hall–Kier alpha value is -4.90. The summed E-state index contributed by atoms with van der Waals surface area (Å²) in [6.45, 7) is 5.92. The maximum Gasteiger partial charge on any atom is 0.338 e. The highest BCUT2D eigenvalue weighted by Crippen LogP contribution is 2.39. The molecule has 226 valence electrons. The van der Waals surface area contributed by atoms with Crippen LogP contribution in [0.4, 0.5) is 0 Å². The van der Waals surface area contributed by atoms with Crippen LogP contribution in [0.5, 0.6) is 11.5 Å². The minimum absolute atomic E-state index is 0.100. The molecule has 4 aromatic rings. The summed E-state index contributed by atoms with van der Waals surface area (Å²) in [5.74, 6) is 1.27. The lowest BCUT2D eigenvalue weighted by molar-refractivity contribution is -0.139. The van der Waals surface area contributed by atoms with E-state index >= 15 is 0 Å². The molecule has 0 saturated heterocycles. The van der Waals surface area contributed by atoms with Crippen molar-refractivity contribution in [3.05, 3.63) is 102 Å². The zero-order valence-electron chi connectivity index (χ0n) is 24.7. The first kappa shape index (κ1) is 29.2. The van der Waals surface area contributed by atoms with E-state index in [4.69, 9.17) is 28.4 Å². The Balaban J connectivity index is 1.46. The van der Waals surface area contributed by atoms with Crippen molar-refractivity contribution < 1.29 is 33.0 Å². The molecule has 2 aliphatic heterocycles. The van der Waals surface area contributed by atoms with E-state index in [0.717, 1.165) is 17.5 Å². The molecule has 44 heavy (non-hydrogen) atoms. The lowest BCUT2D eigenvalue weighted by atomic mass is 9.94. The second kappa shape index (κ2) is 12.0. The summed E-state index contributed by atoms with van der Waals surface area (Å²) in [7, 11) is 1.34. The molecular weight excluding hydrogens is 584 g/mol. The molecule has 4 heterocycles. The third-order valence-electron chi connectivity index (χ3n) is 7.42. The fraction of sp³-hybridized carbons (Fsp3) is 0.273. The second-order valence-electron chi connectivity index (χ2n) is 10.2. The van der Waals surface area contributed by atoms with Gasteiger partial charge in [-0.25, -0.2) is 14.6 Å². The van der Waals surface area contributed by atoms with Gasteiger partial charge in [0.1, 0.15) is 11.5 Å². The van der Waals surface area contributed by atoms with Crippen molar-refractivity contribution in [1.29, 1.82) is 0 Å². The first-order chi connectivity index (χ1) is 21.3. The van der Waals surface area contributed by atoms with Crippen molar-refractivity contribution in [2.24, 2.45) is 4.99 Å². The molecular formula is C33H30N2O8S. The largest absolute Gasteiger partial charge is 0.465 e. The molecule has 11 heteroatoms. The van der Waals surface area contributed by atoms with Crippen molar-refractivity contribution in [3.63, 3.8) is 0 Å². The Morgan fingerprint density at radius 1 is 1.07 bits per heavy atom. The molecule has 0 spiro atoms. The van der Waals surface area contributed by atoms with Crippen LogP contribution >= 0.6 is 11.3 Å². The van der Waals surface area contributed by atoms with Crippen LogP contribution in [-0.2, 0) is 14.3 Å². The summed E-state index contributed by atoms with van der Waals surface area (Å²) in [5.41, 5.74) is 3.38. The molecule has 0 bridgehead atoms. The van der Waals surface area contributed by atoms with Gasteiger partial charge in [-0.3, -0.25) is 9.36 Å². The summed E-state index contributed by atoms with van der Waals surface area (Å²) < 4.78 is 29.5. The third-order valence-corrected chi connectivity index (χ3v) is 8.40. The number of methoxy groups -OCH3 is 1. The van der Waals surface area contributed by atoms with Gasteiger partial charge in [-0.15, -0.1) is 0 Å². The van der Waals surface area contributed by atoms with Crippen molar-refractivity contribution in [2.75, 3.05) is 20.5 Å². The molecule has 0 saturated carbocycles. The lowest BCUT2D eigenvalue weighted by Gasteiger charge is -2.25. The zero-order valence-corrected chi connectivity index (χ0v) is 25.5. The number of nitrogens with zero attached hydrogens (tertiary/aromatic N) is 2. The molecule has 2 aliphatic rings. The number of aromatic nitrogens is 1. The summed E-state index contributed by atoms with van der Waals surface area (Å²) in [5, 5.41) is 0. The average Bonchev–Trinajstić information content (AvgIpc) is 3.75. The number of thiazole rings is 1. The molecule has 0 aliphatic carbocycles. The van der Waals surface area contributed by atoms with Gasteiger partial charge in [0, 0.05) is 11.6 Å². The average molecular weight is 615 g/mol. The van der Waals surface area contributed by atoms with Crippen LogP contribution in [0.15, 0.2) is 74.0 Å². The fourth-order valence-electron chi connectivity index (χ4n) is 5.41. The summed E-state index contributed by atoms with van der Waals surface area (Å²) >= 11 is 1.23. The second-order valence-corrected chi connectivity index (χ2v) is 11.3. The zero-order chi connectivity index (χ0) is 31.0. The molecule has 1 atom stereocenters. The number of benzene rings is 2. The van der Waals surface area contributed by atoms with E-state index in [9.17, 15) is 14.4 Å². The van der Waals surface area contributed by atoms with E-state index in [0.29, 0.717) is 61.2 Å². The fourth-order valence-corrected chi connectivity index (χ4v) is 6.41. The topological polar surface area (TPSA) is 119 Å². The van der Waals surface area contributed by atoms with E-state index in [1.165, 1.54) is 18.4 Å². The van der Waals surface area contributed by atoms with Gasteiger partial charge in [-0.2, -0.15) is 0 Å². The van der Waals surface area contributed by atoms with Gasteiger partial charge >= 0.3 is 11.9 Å². The van der Waals surface area contributed by atoms with Gasteiger partial charge in [0.25, 0.3) is 5.56 Å². The number of aryl methyl sites for hydroxylation is 1. The Labute approximate surface area is 256 Å². The van der Waals surface area contributed by atoms with Gasteiger partial charge in [-0.05, 0) is 67.8 Å². The first-order valence-electron chi connectivity index (χ1n) is 14.2. The number of carbonyl (C=O) groups is 2. The molecule has 0 unspecified atom stereocenters. The van der Waals surface area contributed by atoms with Gasteiger partial charge in [0.15, 0.2) is 16.3 Å². The first-order valence-corrected chi connectivity index (χ1v) is 15.0. The van der Waals surface area contributed by atoms with Gasteiger partial charge in [-0.1, -0.05) is 36.8 Å². The Bertz CT molecular complexity index is 2000. The van der Waals surface area contributed by atoms with E-state index in [1.54, 1.807) is 54.0 Å². The number of hydrogen-bond donors (Lipinski definition) is 0. The van der Waals surface area contributed by atoms with E-state index in [2.05, 4.69) is 0 Å². The molecule has 0 radical (unpaired) electrons. The summed E-state index contributed by atoms with van der Waals surface area (Å²) in [6, 6.07) is 13.5. The maximum absolute atomic E-state index is 14.1. The SMILES string of the molecule is CCCC1=C(C(=O)OCC)[C@H](c2ccc3c(c2)OCO3)n2c(s/c(=C/c3ccc(-c4ccc(C(=O)OC)cc4C)o3)c2=O)=N1. The molecule has 0 fully saturated rings. The van der Waals surface area contributed by atoms with Crippen LogP contribution in [0, 0.1) is 6.92 Å². The molecule has 0 amide bonds. The van der Waals surface area contributed by atoms with Crippen LogP contribution in [-0.4, -0.2) is 37.0 Å². The predicted octanol–water partition coefficient (Wildman–Crippen LogP) is 4.66. The number of ether oxygens (including phenoxy) is 4. The molecule has 2 aromatic carbocycles.